The van der Waals surface area contributed by atoms with Gasteiger partial charge in [-0.05, 0) is 59.2 Å². The highest BCUT2D eigenvalue weighted by atomic mass is 127. The van der Waals surface area contributed by atoms with Crippen LogP contribution >= 0.6 is 33.9 Å². The minimum absolute atomic E-state index is 0.00672. The van der Waals surface area contributed by atoms with Crippen LogP contribution in [-0.4, -0.2) is 11.9 Å². The third-order valence-corrected chi connectivity index (χ3v) is 4.17. The van der Waals surface area contributed by atoms with E-state index in [1.807, 2.05) is 48.7 Å². The average molecular weight is 386 g/mol. The van der Waals surface area contributed by atoms with E-state index in [0.29, 0.717) is 6.54 Å². The first-order chi connectivity index (χ1) is 9.15. The molecule has 0 aliphatic carbocycles. The standard InChI is InChI=1S/C14H15IN2OS/c1-10(17-12-5-2-4-11(15)8-12)14(18)16-9-13-6-3-7-19-13/h2-8,10,17H,9H2,1H3,(H,16,18). The second kappa shape index (κ2) is 6.91. The van der Waals surface area contributed by atoms with Crippen LogP contribution in [-0.2, 0) is 11.3 Å². The molecule has 0 aliphatic rings. The molecule has 0 aliphatic heterocycles. The van der Waals surface area contributed by atoms with Gasteiger partial charge < -0.3 is 10.6 Å². The first-order valence-corrected chi connectivity index (χ1v) is 7.93. The Morgan fingerprint density at radius 3 is 2.89 bits per heavy atom. The molecule has 1 aromatic heterocycles. The number of nitrogens with one attached hydrogen (secondary N) is 2. The van der Waals surface area contributed by atoms with E-state index in [4.69, 9.17) is 0 Å². The van der Waals surface area contributed by atoms with Crippen LogP contribution < -0.4 is 10.6 Å². The smallest absolute Gasteiger partial charge is 0.242 e. The molecule has 0 saturated carbocycles. The van der Waals surface area contributed by atoms with Crippen molar-refractivity contribution in [2.45, 2.75) is 19.5 Å². The predicted octanol–water partition coefficient (Wildman–Crippen LogP) is 3.47. The van der Waals surface area contributed by atoms with Crippen molar-refractivity contribution in [3.05, 3.63) is 50.2 Å². The van der Waals surface area contributed by atoms with Gasteiger partial charge in [0, 0.05) is 14.1 Å². The number of halogens is 1. The van der Waals surface area contributed by atoms with Crippen LogP contribution in [0.25, 0.3) is 0 Å². The van der Waals surface area contributed by atoms with E-state index in [0.717, 1.165) is 14.1 Å². The fourth-order valence-corrected chi connectivity index (χ4v) is 2.82. The van der Waals surface area contributed by atoms with Gasteiger partial charge in [-0.2, -0.15) is 0 Å². The number of anilines is 1. The summed E-state index contributed by atoms with van der Waals surface area (Å²) in [6.45, 7) is 2.46. The molecule has 100 valence electrons. The van der Waals surface area contributed by atoms with Gasteiger partial charge >= 0.3 is 0 Å². The quantitative estimate of drug-likeness (QED) is 0.773. The number of thiophene rings is 1. The van der Waals surface area contributed by atoms with Crippen LogP contribution in [0, 0.1) is 3.57 Å². The third-order valence-electron chi connectivity index (χ3n) is 2.62. The lowest BCUT2D eigenvalue weighted by Gasteiger charge is -2.15. The number of amides is 1. The van der Waals surface area contributed by atoms with Crippen molar-refractivity contribution in [1.29, 1.82) is 0 Å². The Morgan fingerprint density at radius 2 is 2.21 bits per heavy atom. The Labute approximate surface area is 130 Å². The summed E-state index contributed by atoms with van der Waals surface area (Å²) < 4.78 is 1.15. The zero-order valence-electron chi connectivity index (χ0n) is 10.5. The molecule has 0 spiro atoms. The summed E-state index contributed by atoms with van der Waals surface area (Å²) in [5, 5.41) is 8.13. The molecule has 0 saturated heterocycles. The number of carbonyl (C=O) groups is 1. The van der Waals surface area contributed by atoms with E-state index in [1.165, 1.54) is 0 Å². The summed E-state index contributed by atoms with van der Waals surface area (Å²) >= 11 is 3.90. The number of hydrogen-bond donors (Lipinski definition) is 2. The predicted molar refractivity (Wildman–Crippen MR) is 88.4 cm³/mol. The summed E-state index contributed by atoms with van der Waals surface area (Å²) in [6.07, 6.45) is 0. The lowest BCUT2D eigenvalue weighted by atomic mass is 10.2. The second-order valence-electron chi connectivity index (χ2n) is 4.17. The molecule has 2 aromatic rings. The lowest BCUT2D eigenvalue weighted by molar-refractivity contribution is -0.121. The highest BCUT2D eigenvalue weighted by Gasteiger charge is 2.12. The summed E-state index contributed by atoms with van der Waals surface area (Å²) in [5.74, 6) is 0.00672. The second-order valence-corrected chi connectivity index (χ2v) is 6.45. The summed E-state index contributed by atoms with van der Waals surface area (Å²) in [5.41, 5.74) is 0.964. The van der Waals surface area contributed by atoms with Crippen LogP contribution in [0.15, 0.2) is 41.8 Å². The van der Waals surface area contributed by atoms with Gasteiger partial charge in [-0.1, -0.05) is 12.1 Å². The van der Waals surface area contributed by atoms with Crippen LogP contribution in [0.4, 0.5) is 5.69 Å². The Hall–Kier alpha value is -1.08. The largest absolute Gasteiger partial charge is 0.374 e. The molecule has 1 atom stereocenters. The summed E-state index contributed by atoms with van der Waals surface area (Å²) in [7, 11) is 0. The van der Waals surface area contributed by atoms with E-state index in [1.54, 1.807) is 11.3 Å². The minimum Gasteiger partial charge on any atom is -0.374 e. The summed E-state index contributed by atoms with van der Waals surface area (Å²) in [6, 6.07) is 11.7. The van der Waals surface area contributed by atoms with Gasteiger partial charge in [-0.15, -0.1) is 11.3 Å². The summed E-state index contributed by atoms with van der Waals surface area (Å²) in [4.78, 5) is 13.1. The Kier molecular flexibility index (Phi) is 5.21. The third kappa shape index (κ3) is 4.50. The van der Waals surface area contributed by atoms with Gasteiger partial charge in [0.05, 0.1) is 6.54 Å². The first-order valence-electron chi connectivity index (χ1n) is 5.97. The maximum atomic E-state index is 12.0. The topological polar surface area (TPSA) is 41.1 Å². The highest BCUT2D eigenvalue weighted by molar-refractivity contribution is 14.1. The van der Waals surface area contributed by atoms with Gasteiger partial charge in [0.1, 0.15) is 6.04 Å². The van der Waals surface area contributed by atoms with E-state index in [-0.39, 0.29) is 11.9 Å². The van der Waals surface area contributed by atoms with Crippen molar-refractivity contribution < 1.29 is 4.79 Å². The van der Waals surface area contributed by atoms with E-state index >= 15 is 0 Å². The monoisotopic (exact) mass is 386 g/mol. The molecule has 0 fully saturated rings. The molecule has 1 unspecified atom stereocenters. The molecule has 1 heterocycles. The van der Waals surface area contributed by atoms with Gasteiger partial charge in [0.15, 0.2) is 0 Å². The molecule has 19 heavy (non-hydrogen) atoms. The number of carbonyl (C=O) groups excluding carboxylic acids is 1. The molecule has 0 radical (unpaired) electrons. The van der Waals surface area contributed by atoms with Crippen LogP contribution in [0.5, 0.6) is 0 Å². The molecule has 2 N–H and O–H groups in total. The van der Waals surface area contributed by atoms with Crippen molar-refractivity contribution in [2.75, 3.05) is 5.32 Å². The van der Waals surface area contributed by atoms with Crippen molar-refractivity contribution in [3.8, 4) is 0 Å². The number of benzene rings is 1. The number of rotatable bonds is 5. The van der Waals surface area contributed by atoms with E-state index < -0.39 is 0 Å². The van der Waals surface area contributed by atoms with Crippen molar-refractivity contribution in [1.82, 2.24) is 5.32 Å². The minimum atomic E-state index is -0.252. The molecular weight excluding hydrogens is 371 g/mol. The molecular formula is C14H15IN2OS. The Bertz CT molecular complexity index is 542. The normalized spacial score (nSPS) is 11.9. The molecule has 1 amide bonds. The number of hydrogen-bond acceptors (Lipinski definition) is 3. The molecule has 0 bridgehead atoms. The maximum Gasteiger partial charge on any atom is 0.242 e. The Morgan fingerprint density at radius 1 is 1.37 bits per heavy atom. The van der Waals surface area contributed by atoms with E-state index in [2.05, 4.69) is 33.2 Å². The van der Waals surface area contributed by atoms with Crippen molar-refractivity contribution in [2.24, 2.45) is 0 Å². The zero-order chi connectivity index (χ0) is 13.7. The van der Waals surface area contributed by atoms with Crippen molar-refractivity contribution in [3.63, 3.8) is 0 Å². The average Bonchev–Trinajstić information content (AvgIpc) is 2.89. The van der Waals surface area contributed by atoms with Crippen LogP contribution in [0.1, 0.15) is 11.8 Å². The van der Waals surface area contributed by atoms with Gasteiger partial charge in [-0.25, -0.2) is 0 Å². The first kappa shape index (κ1) is 14.3. The van der Waals surface area contributed by atoms with E-state index in [9.17, 15) is 4.79 Å². The molecule has 5 heteroatoms. The SMILES string of the molecule is CC(Nc1cccc(I)c1)C(=O)NCc1cccs1. The zero-order valence-corrected chi connectivity index (χ0v) is 13.5. The fourth-order valence-electron chi connectivity index (χ4n) is 1.63. The van der Waals surface area contributed by atoms with Crippen LogP contribution in [0.2, 0.25) is 0 Å². The van der Waals surface area contributed by atoms with Gasteiger partial charge in [0.25, 0.3) is 0 Å². The highest BCUT2D eigenvalue weighted by Crippen LogP contribution is 2.13. The van der Waals surface area contributed by atoms with Gasteiger partial charge in [0.2, 0.25) is 5.91 Å². The lowest BCUT2D eigenvalue weighted by Crippen LogP contribution is -2.37. The van der Waals surface area contributed by atoms with Crippen molar-refractivity contribution >= 4 is 45.5 Å². The van der Waals surface area contributed by atoms with Gasteiger partial charge in [-0.3, -0.25) is 4.79 Å². The molecule has 1 aromatic carbocycles. The Balaban J connectivity index is 1.85. The fraction of sp³-hybridized carbons (Fsp3) is 0.214. The van der Waals surface area contributed by atoms with Crippen LogP contribution in [0.3, 0.4) is 0 Å². The maximum absolute atomic E-state index is 12.0. The molecule has 2 rings (SSSR count). The molecule has 3 nitrogen and oxygen atoms in total.